The topological polar surface area (TPSA) is 42.7 Å². The number of aryl methyl sites for hydroxylation is 2. The van der Waals surface area contributed by atoms with E-state index in [0.29, 0.717) is 6.04 Å². The molecule has 0 saturated carbocycles. The van der Waals surface area contributed by atoms with Crippen LogP contribution in [-0.2, 0) is 13.6 Å². The van der Waals surface area contributed by atoms with Crippen molar-refractivity contribution in [2.45, 2.75) is 26.4 Å². The maximum atomic E-state index is 4.19. The number of nitrogens with zero attached hydrogens (tertiary/aromatic N) is 3. The normalized spacial score (nSPS) is 12.6. The molecule has 0 bridgehead atoms. The third-order valence-corrected chi connectivity index (χ3v) is 3.03. The van der Waals surface area contributed by atoms with Gasteiger partial charge in [0.2, 0.25) is 0 Å². The molecule has 0 aliphatic heterocycles. The van der Waals surface area contributed by atoms with Gasteiger partial charge in [-0.2, -0.15) is 5.10 Å². The van der Waals surface area contributed by atoms with E-state index >= 15 is 0 Å². The van der Waals surface area contributed by atoms with E-state index in [0.717, 1.165) is 12.4 Å². The van der Waals surface area contributed by atoms with Crippen LogP contribution in [0.1, 0.15) is 29.9 Å². The van der Waals surface area contributed by atoms with E-state index in [9.17, 15) is 0 Å². The Labute approximate surface area is 102 Å². The summed E-state index contributed by atoms with van der Waals surface area (Å²) in [6.07, 6.45) is 1.58. The van der Waals surface area contributed by atoms with Crippen LogP contribution in [0.25, 0.3) is 0 Å². The van der Waals surface area contributed by atoms with Crippen molar-refractivity contribution in [1.82, 2.24) is 20.1 Å². The molecule has 1 N–H and O–H groups in total. The van der Waals surface area contributed by atoms with Crippen molar-refractivity contribution >= 4 is 0 Å². The Morgan fingerprint density at radius 1 is 1.35 bits per heavy atom. The highest BCUT2D eigenvalue weighted by Crippen LogP contribution is 2.16. The number of hydrogen-bond acceptors (Lipinski definition) is 3. The molecule has 4 heteroatoms. The second-order valence-electron chi connectivity index (χ2n) is 4.26. The fourth-order valence-corrected chi connectivity index (χ4v) is 1.91. The molecule has 2 aromatic rings. The van der Waals surface area contributed by atoms with Gasteiger partial charge in [0.15, 0.2) is 0 Å². The SMILES string of the molecule is Cc1ccccc1C(C)NCc1ncnn1C. The van der Waals surface area contributed by atoms with Gasteiger partial charge >= 0.3 is 0 Å². The highest BCUT2D eigenvalue weighted by atomic mass is 15.3. The Morgan fingerprint density at radius 3 is 2.76 bits per heavy atom. The predicted molar refractivity (Wildman–Crippen MR) is 67.4 cm³/mol. The van der Waals surface area contributed by atoms with E-state index in [4.69, 9.17) is 0 Å². The number of rotatable bonds is 4. The first kappa shape index (κ1) is 11.8. The predicted octanol–water partition coefficient (Wildman–Crippen LogP) is 1.97. The van der Waals surface area contributed by atoms with Crippen LogP contribution in [0.3, 0.4) is 0 Å². The molecule has 0 fully saturated rings. The van der Waals surface area contributed by atoms with E-state index in [2.05, 4.69) is 53.5 Å². The summed E-state index contributed by atoms with van der Waals surface area (Å²) in [4.78, 5) is 4.19. The second-order valence-corrected chi connectivity index (χ2v) is 4.26. The van der Waals surface area contributed by atoms with Crippen LogP contribution in [0.4, 0.5) is 0 Å². The van der Waals surface area contributed by atoms with Crippen LogP contribution in [0.2, 0.25) is 0 Å². The van der Waals surface area contributed by atoms with Crippen molar-refractivity contribution in [2.75, 3.05) is 0 Å². The Hall–Kier alpha value is -1.68. The lowest BCUT2D eigenvalue weighted by molar-refractivity contribution is 0.538. The van der Waals surface area contributed by atoms with Crippen molar-refractivity contribution in [3.8, 4) is 0 Å². The molecule has 90 valence electrons. The van der Waals surface area contributed by atoms with E-state index in [1.165, 1.54) is 11.1 Å². The molecule has 0 saturated heterocycles. The Kier molecular flexibility index (Phi) is 3.54. The molecule has 0 radical (unpaired) electrons. The van der Waals surface area contributed by atoms with E-state index in [-0.39, 0.29) is 0 Å². The summed E-state index contributed by atoms with van der Waals surface area (Å²) < 4.78 is 1.79. The molecule has 0 aliphatic carbocycles. The van der Waals surface area contributed by atoms with Gasteiger partial charge in [-0.15, -0.1) is 0 Å². The molecule has 1 heterocycles. The molecule has 0 spiro atoms. The molecule has 2 rings (SSSR count). The van der Waals surface area contributed by atoms with Crippen molar-refractivity contribution in [3.63, 3.8) is 0 Å². The minimum Gasteiger partial charge on any atom is -0.303 e. The first-order valence-electron chi connectivity index (χ1n) is 5.80. The van der Waals surface area contributed by atoms with Gasteiger partial charge in [0.05, 0.1) is 6.54 Å². The molecule has 4 nitrogen and oxygen atoms in total. The smallest absolute Gasteiger partial charge is 0.140 e. The summed E-state index contributed by atoms with van der Waals surface area (Å²) >= 11 is 0. The minimum atomic E-state index is 0.313. The van der Waals surface area contributed by atoms with E-state index in [1.54, 1.807) is 11.0 Å². The lowest BCUT2D eigenvalue weighted by Crippen LogP contribution is -2.21. The van der Waals surface area contributed by atoms with Gasteiger partial charge in [-0.25, -0.2) is 4.98 Å². The van der Waals surface area contributed by atoms with Crippen molar-refractivity contribution in [1.29, 1.82) is 0 Å². The largest absolute Gasteiger partial charge is 0.303 e. The van der Waals surface area contributed by atoms with Crippen LogP contribution in [0, 0.1) is 6.92 Å². The van der Waals surface area contributed by atoms with Crippen molar-refractivity contribution in [3.05, 3.63) is 47.5 Å². The van der Waals surface area contributed by atoms with Crippen molar-refractivity contribution < 1.29 is 0 Å². The third kappa shape index (κ3) is 2.71. The molecule has 1 aromatic carbocycles. The molecular formula is C13H18N4. The zero-order valence-electron chi connectivity index (χ0n) is 10.5. The number of benzene rings is 1. The zero-order valence-corrected chi connectivity index (χ0v) is 10.5. The fourth-order valence-electron chi connectivity index (χ4n) is 1.91. The van der Waals surface area contributed by atoms with Gasteiger partial charge in [0.25, 0.3) is 0 Å². The average Bonchev–Trinajstić information content (AvgIpc) is 2.72. The number of hydrogen-bond donors (Lipinski definition) is 1. The minimum absolute atomic E-state index is 0.313. The Morgan fingerprint density at radius 2 is 2.12 bits per heavy atom. The van der Waals surface area contributed by atoms with Crippen LogP contribution in [-0.4, -0.2) is 14.8 Å². The molecule has 1 unspecified atom stereocenters. The maximum absolute atomic E-state index is 4.19. The van der Waals surface area contributed by atoms with E-state index < -0.39 is 0 Å². The summed E-state index contributed by atoms with van der Waals surface area (Å²) in [5.41, 5.74) is 2.64. The van der Waals surface area contributed by atoms with Crippen LogP contribution < -0.4 is 5.32 Å². The van der Waals surface area contributed by atoms with Crippen LogP contribution in [0.15, 0.2) is 30.6 Å². The number of aromatic nitrogens is 3. The Balaban J connectivity index is 2.01. The third-order valence-electron chi connectivity index (χ3n) is 3.03. The second kappa shape index (κ2) is 5.10. The highest BCUT2D eigenvalue weighted by Gasteiger charge is 2.08. The van der Waals surface area contributed by atoms with Crippen molar-refractivity contribution in [2.24, 2.45) is 7.05 Å². The van der Waals surface area contributed by atoms with Gasteiger partial charge in [-0.3, -0.25) is 4.68 Å². The summed E-state index contributed by atoms with van der Waals surface area (Å²) in [5.74, 6) is 0.949. The first-order chi connectivity index (χ1) is 8.18. The first-order valence-corrected chi connectivity index (χ1v) is 5.80. The lowest BCUT2D eigenvalue weighted by atomic mass is 10.0. The number of nitrogens with one attached hydrogen (secondary N) is 1. The summed E-state index contributed by atoms with van der Waals surface area (Å²) in [5, 5.41) is 7.51. The monoisotopic (exact) mass is 230 g/mol. The van der Waals surface area contributed by atoms with Gasteiger partial charge in [0.1, 0.15) is 12.2 Å². The average molecular weight is 230 g/mol. The lowest BCUT2D eigenvalue weighted by Gasteiger charge is -2.16. The standard InChI is InChI=1S/C13H18N4/c1-10-6-4-5-7-12(10)11(2)14-8-13-15-9-16-17(13)3/h4-7,9,11,14H,8H2,1-3H3. The van der Waals surface area contributed by atoms with Crippen LogP contribution >= 0.6 is 0 Å². The van der Waals surface area contributed by atoms with E-state index in [1.807, 2.05) is 7.05 Å². The summed E-state index contributed by atoms with van der Waals surface area (Å²) in [7, 11) is 1.91. The fraction of sp³-hybridized carbons (Fsp3) is 0.385. The summed E-state index contributed by atoms with van der Waals surface area (Å²) in [6, 6.07) is 8.74. The molecule has 1 aromatic heterocycles. The van der Waals surface area contributed by atoms with Gasteiger partial charge in [0, 0.05) is 13.1 Å². The molecule has 17 heavy (non-hydrogen) atoms. The molecule has 0 aliphatic rings. The highest BCUT2D eigenvalue weighted by molar-refractivity contribution is 5.28. The van der Waals surface area contributed by atoms with Gasteiger partial charge in [-0.05, 0) is 25.0 Å². The summed E-state index contributed by atoms with van der Waals surface area (Å²) in [6.45, 7) is 5.03. The molecule has 0 amide bonds. The van der Waals surface area contributed by atoms with Crippen LogP contribution in [0.5, 0.6) is 0 Å². The maximum Gasteiger partial charge on any atom is 0.140 e. The zero-order chi connectivity index (χ0) is 12.3. The molecule has 1 atom stereocenters. The van der Waals surface area contributed by atoms with Gasteiger partial charge < -0.3 is 5.32 Å². The quantitative estimate of drug-likeness (QED) is 0.873. The van der Waals surface area contributed by atoms with Gasteiger partial charge in [-0.1, -0.05) is 24.3 Å². The Bertz CT molecular complexity index is 490. The molecular weight excluding hydrogens is 212 g/mol.